The van der Waals surface area contributed by atoms with Crippen molar-refractivity contribution in [3.63, 3.8) is 0 Å². The Morgan fingerprint density at radius 2 is 2.10 bits per heavy atom. The Morgan fingerprint density at radius 3 is 2.75 bits per heavy atom. The van der Waals surface area contributed by atoms with Gasteiger partial charge in [0, 0.05) is 13.2 Å². The molecule has 0 spiro atoms. The second kappa shape index (κ2) is 5.96. The van der Waals surface area contributed by atoms with E-state index in [4.69, 9.17) is 0 Å². The van der Waals surface area contributed by atoms with Crippen molar-refractivity contribution < 1.29 is 4.92 Å². The standard InChI is InChI=1S/C13H15N5O2/c1-9-4-3-5-15-11(9)8-16-13-7-10(18(19)20)6-12(14-2)17-13/h3-7H,8H2,1-2H3,(H2,14,16,17). The van der Waals surface area contributed by atoms with Crippen molar-refractivity contribution in [1.29, 1.82) is 0 Å². The first-order valence-electron chi connectivity index (χ1n) is 6.08. The minimum Gasteiger partial charge on any atom is -0.373 e. The second-order valence-corrected chi connectivity index (χ2v) is 4.22. The van der Waals surface area contributed by atoms with Crippen LogP contribution in [0.3, 0.4) is 0 Å². The molecule has 104 valence electrons. The number of hydrogen-bond donors (Lipinski definition) is 2. The summed E-state index contributed by atoms with van der Waals surface area (Å²) in [6.45, 7) is 2.42. The summed E-state index contributed by atoms with van der Waals surface area (Å²) in [5, 5.41) is 16.7. The molecule has 0 unspecified atom stereocenters. The molecule has 2 aromatic heterocycles. The molecule has 0 aliphatic rings. The zero-order valence-electron chi connectivity index (χ0n) is 11.3. The Balaban J connectivity index is 2.19. The van der Waals surface area contributed by atoms with E-state index in [1.54, 1.807) is 13.2 Å². The van der Waals surface area contributed by atoms with Gasteiger partial charge in [-0.25, -0.2) is 4.98 Å². The third kappa shape index (κ3) is 3.19. The maximum atomic E-state index is 10.9. The van der Waals surface area contributed by atoms with Gasteiger partial charge in [0.2, 0.25) is 0 Å². The maximum absolute atomic E-state index is 10.9. The van der Waals surface area contributed by atoms with E-state index < -0.39 is 4.92 Å². The van der Waals surface area contributed by atoms with Crippen LogP contribution in [-0.4, -0.2) is 21.9 Å². The van der Waals surface area contributed by atoms with Crippen molar-refractivity contribution in [3.8, 4) is 0 Å². The first-order valence-corrected chi connectivity index (χ1v) is 6.08. The number of rotatable bonds is 5. The third-order valence-electron chi connectivity index (χ3n) is 2.83. The lowest BCUT2D eigenvalue weighted by atomic mass is 10.2. The third-order valence-corrected chi connectivity index (χ3v) is 2.83. The number of aromatic nitrogens is 2. The molecule has 0 amide bonds. The van der Waals surface area contributed by atoms with Crippen LogP contribution in [-0.2, 0) is 6.54 Å². The highest BCUT2D eigenvalue weighted by molar-refractivity contribution is 5.54. The molecule has 0 aliphatic carbocycles. The molecule has 2 N–H and O–H groups in total. The molecule has 20 heavy (non-hydrogen) atoms. The van der Waals surface area contributed by atoms with Gasteiger partial charge in [0.25, 0.3) is 5.69 Å². The lowest BCUT2D eigenvalue weighted by molar-refractivity contribution is -0.384. The minimum atomic E-state index is -0.445. The van der Waals surface area contributed by atoms with E-state index in [2.05, 4.69) is 20.6 Å². The summed E-state index contributed by atoms with van der Waals surface area (Å²) in [7, 11) is 1.67. The van der Waals surface area contributed by atoms with E-state index in [0.29, 0.717) is 18.2 Å². The zero-order valence-corrected chi connectivity index (χ0v) is 11.3. The summed E-state index contributed by atoms with van der Waals surface area (Å²) in [5.41, 5.74) is 1.93. The highest BCUT2D eigenvalue weighted by Crippen LogP contribution is 2.20. The molecule has 2 rings (SSSR count). The van der Waals surface area contributed by atoms with Crippen molar-refractivity contribution >= 4 is 17.3 Å². The minimum absolute atomic E-state index is 0.00964. The molecule has 0 aromatic carbocycles. The average molecular weight is 273 g/mol. The van der Waals surface area contributed by atoms with Crippen molar-refractivity contribution in [2.75, 3.05) is 17.7 Å². The predicted molar refractivity (Wildman–Crippen MR) is 76.7 cm³/mol. The first kappa shape index (κ1) is 13.7. The SMILES string of the molecule is CNc1cc([N+](=O)[O-])cc(NCc2ncccc2C)n1. The fourth-order valence-corrected chi connectivity index (χ4v) is 1.72. The van der Waals surface area contributed by atoms with Crippen LogP contribution in [0.2, 0.25) is 0 Å². The number of nitrogens with one attached hydrogen (secondary N) is 2. The summed E-state index contributed by atoms with van der Waals surface area (Å²) >= 11 is 0. The van der Waals surface area contributed by atoms with E-state index in [-0.39, 0.29) is 5.69 Å². The van der Waals surface area contributed by atoms with Crippen LogP contribution in [0.5, 0.6) is 0 Å². The number of pyridine rings is 2. The largest absolute Gasteiger partial charge is 0.373 e. The summed E-state index contributed by atoms with van der Waals surface area (Å²) in [6.07, 6.45) is 1.71. The molecular formula is C13H15N5O2. The quantitative estimate of drug-likeness (QED) is 0.641. The molecule has 7 nitrogen and oxygen atoms in total. The molecule has 2 heterocycles. The van der Waals surface area contributed by atoms with Gasteiger partial charge in [-0.05, 0) is 18.6 Å². The second-order valence-electron chi connectivity index (χ2n) is 4.22. The van der Waals surface area contributed by atoms with Crippen molar-refractivity contribution in [2.45, 2.75) is 13.5 Å². The van der Waals surface area contributed by atoms with Gasteiger partial charge in [0.05, 0.1) is 29.3 Å². The highest BCUT2D eigenvalue weighted by atomic mass is 16.6. The van der Waals surface area contributed by atoms with Crippen LogP contribution in [0.1, 0.15) is 11.3 Å². The van der Waals surface area contributed by atoms with E-state index in [1.807, 2.05) is 19.1 Å². The van der Waals surface area contributed by atoms with Crippen LogP contribution < -0.4 is 10.6 Å². The molecule has 7 heteroatoms. The van der Waals surface area contributed by atoms with Gasteiger partial charge in [-0.15, -0.1) is 0 Å². The molecule has 0 atom stereocenters. The molecule has 0 saturated heterocycles. The van der Waals surface area contributed by atoms with E-state index >= 15 is 0 Å². The van der Waals surface area contributed by atoms with Gasteiger partial charge < -0.3 is 10.6 Å². The Bertz CT molecular complexity index is 630. The lowest BCUT2D eigenvalue weighted by Gasteiger charge is -2.08. The van der Waals surface area contributed by atoms with Crippen molar-refractivity contribution in [2.24, 2.45) is 0 Å². The highest BCUT2D eigenvalue weighted by Gasteiger charge is 2.10. The molecule has 2 aromatic rings. The number of aryl methyl sites for hydroxylation is 1. The number of nitro groups is 1. The van der Waals surface area contributed by atoms with E-state index in [9.17, 15) is 10.1 Å². The first-order chi connectivity index (χ1) is 9.60. The van der Waals surface area contributed by atoms with Crippen molar-refractivity contribution in [1.82, 2.24) is 9.97 Å². The Hall–Kier alpha value is -2.70. The lowest BCUT2D eigenvalue weighted by Crippen LogP contribution is -2.06. The van der Waals surface area contributed by atoms with Gasteiger partial charge in [0.15, 0.2) is 0 Å². The summed E-state index contributed by atoms with van der Waals surface area (Å²) < 4.78 is 0. The summed E-state index contributed by atoms with van der Waals surface area (Å²) in [6, 6.07) is 6.61. The van der Waals surface area contributed by atoms with Crippen LogP contribution in [0.15, 0.2) is 30.5 Å². The molecule has 0 radical (unpaired) electrons. The van der Waals surface area contributed by atoms with Gasteiger partial charge in [-0.3, -0.25) is 15.1 Å². The van der Waals surface area contributed by atoms with E-state index in [1.165, 1.54) is 12.1 Å². The molecule has 0 aliphatic heterocycles. The average Bonchev–Trinajstić information content (AvgIpc) is 2.46. The molecule has 0 saturated carbocycles. The topological polar surface area (TPSA) is 93.0 Å². The molecule has 0 bridgehead atoms. The Labute approximate surface area is 116 Å². The van der Waals surface area contributed by atoms with Gasteiger partial charge >= 0.3 is 0 Å². The Morgan fingerprint density at radius 1 is 1.35 bits per heavy atom. The van der Waals surface area contributed by atoms with Crippen LogP contribution in [0, 0.1) is 17.0 Å². The number of anilines is 2. The number of hydrogen-bond acceptors (Lipinski definition) is 6. The smallest absolute Gasteiger partial charge is 0.276 e. The van der Waals surface area contributed by atoms with Crippen LogP contribution in [0.25, 0.3) is 0 Å². The van der Waals surface area contributed by atoms with Crippen molar-refractivity contribution in [3.05, 3.63) is 51.8 Å². The zero-order chi connectivity index (χ0) is 14.5. The maximum Gasteiger partial charge on any atom is 0.276 e. The summed E-state index contributed by atoms with van der Waals surface area (Å²) in [4.78, 5) is 18.9. The normalized spacial score (nSPS) is 10.1. The molecular weight excluding hydrogens is 258 g/mol. The molecule has 0 fully saturated rings. The fourth-order valence-electron chi connectivity index (χ4n) is 1.72. The van der Waals surface area contributed by atoms with Crippen LogP contribution >= 0.6 is 0 Å². The monoisotopic (exact) mass is 273 g/mol. The van der Waals surface area contributed by atoms with Gasteiger partial charge in [-0.1, -0.05) is 6.07 Å². The summed E-state index contributed by atoms with van der Waals surface area (Å²) in [5.74, 6) is 0.882. The van der Waals surface area contributed by atoms with Gasteiger partial charge in [-0.2, -0.15) is 0 Å². The van der Waals surface area contributed by atoms with Crippen LogP contribution in [0.4, 0.5) is 17.3 Å². The predicted octanol–water partition coefficient (Wildman–Crippen LogP) is 2.35. The van der Waals surface area contributed by atoms with E-state index in [0.717, 1.165) is 11.3 Å². The van der Waals surface area contributed by atoms with Gasteiger partial charge in [0.1, 0.15) is 11.6 Å². The number of nitrogens with zero attached hydrogens (tertiary/aromatic N) is 3. The Kier molecular flexibility index (Phi) is 4.09. The fraction of sp³-hybridized carbons (Fsp3) is 0.231.